The standard InChI is InChI=1S/C29H41F17O6/c1-5-9-10-11-12-13-14-20(22(50-47-17-6-2,51-48-18-7-3)52-49-19-8-4)15-16-21(30,31)23(32,33)24(34,35)25(36,37)26(38,39)27(40,41)28(42,43)29(44,45)46/h15H,5-14,16-19H2,1-4H3. The van der Waals surface area contributed by atoms with Gasteiger partial charge in [-0.05, 0) is 32.1 Å². The van der Waals surface area contributed by atoms with Crippen LogP contribution in [0, 0.1) is 0 Å². The number of hydrogen-bond acceptors (Lipinski definition) is 6. The van der Waals surface area contributed by atoms with Crippen molar-refractivity contribution in [3.05, 3.63) is 11.6 Å². The molecule has 0 aliphatic carbocycles. The molecule has 0 amide bonds. The molecule has 0 heterocycles. The van der Waals surface area contributed by atoms with Crippen LogP contribution in [0.4, 0.5) is 74.6 Å². The number of halogens is 17. The molecule has 0 aromatic rings. The molecule has 0 aliphatic rings. The fourth-order valence-corrected chi connectivity index (χ4v) is 3.86. The Kier molecular flexibility index (Phi) is 19.1. The second kappa shape index (κ2) is 19.8. The molecule has 312 valence electrons. The van der Waals surface area contributed by atoms with Gasteiger partial charge in [0.15, 0.2) is 0 Å². The average molecular weight is 809 g/mol. The van der Waals surface area contributed by atoms with Crippen molar-refractivity contribution in [2.24, 2.45) is 0 Å². The summed E-state index contributed by atoms with van der Waals surface area (Å²) >= 11 is 0. The van der Waals surface area contributed by atoms with Gasteiger partial charge in [0.2, 0.25) is 0 Å². The van der Waals surface area contributed by atoms with E-state index in [1.807, 2.05) is 6.92 Å². The highest BCUT2D eigenvalue weighted by molar-refractivity contribution is 5.17. The predicted octanol–water partition coefficient (Wildman–Crippen LogP) is 11.8. The minimum Gasteiger partial charge on any atom is -0.231 e. The maximum atomic E-state index is 14.9. The van der Waals surface area contributed by atoms with Crippen LogP contribution in [0.15, 0.2) is 11.6 Å². The summed E-state index contributed by atoms with van der Waals surface area (Å²) in [6.07, 6.45) is -8.06. The topological polar surface area (TPSA) is 55.4 Å². The summed E-state index contributed by atoms with van der Waals surface area (Å²) in [6, 6.07) is 0. The highest BCUT2D eigenvalue weighted by atomic mass is 19.4. The molecule has 0 spiro atoms. The summed E-state index contributed by atoms with van der Waals surface area (Å²) in [7, 11) is 0. The first kappa shape index (κ1) is 50.3. The maximum Gasteiger partial charge on any atom is 0.460 e. The highest BCUT2D eigenvalue weighted by Gasteiger charge is 2.95. The van der Waals surface area contributed by atoms with Crippen molar-refractivity contribution >= 4 is 0 Å². The highest BCUT2D eigenvalue weighted by Crippen LogP contribution is 2.64. The molecule has 0 aliphatic heterocycles. The molecule has 0 saturated carbocycles. The third-order valence-corrected chi connectivity index (χ3v) is 6.95. The smallest absolute Gasteiger partial charge is 0.231 e. The van der Waals surface area contributed by atoms with Gasteiger partial charge in [0.05, 0.1) is 19.8 Å². The van der Waals surface area contributed by atoms with Gasteiger partial charge in [-0.15, -0.1) is 0 Å². The predicted molar refractivity (Wildman–Crippen MR) is 146 cm³/mol. The van der Waals surface area contributed by atoms with Crippen LogP contribution in [0.25, 0.3) is 0 Å². The number of allylic oxidation sites excluding steroid dienone is 1. The molecule has 0 atom stereocenters. The van der Waals surface area contributed by atoms with Crippen molar-refractivity contribution in [3.63, 3.8) is 0 Å². The van der Waals surface area contributed by atoms with Crippen LogP contribution in [-0.4, -0.2) is 73.4 Å². The van der Waals surface area contributed by atoms with Gasteiger partial charge in [-0.1, -0.05) is 65.9 Å². The Morgan fingerprint density at radius 2 is 0.769 bits per heavy atom. The first-order chi connectivity index (χ1) is 23.6. The minimum absolute atomic E-state index is 0.0758. The number of unbranched alkanes of at least 4 members (excludes halogenated alkanes) is 5. The molecule has 0 fully saturated rings. The summed E-state index contributed by atoms with van der Waals surface area (Å²) < 4.78 is 235. The lowest BCUT2D eigenvalue weighted by Gasteiger charge is -2.42. The zero-order chi connectivity index (χ0) is 40.9. The van der Waals surface area contributed by atoms with Crippen molar-refractivity contribution in [1.82, 2.24) is 0 Å². The van der Waals surface area contributed by atoms with Crippen molar-refractivity contribution in [2.75, 3.05) is 19.8 Å². The quantitative estimate of drug-likeness (QED) is 0.0196. The van der Waals surface area contributed by atoms with E-state index in [-0.39, 0.29) is 58.0 Å². The Morgan fingerprint density at radius 3 is 1.13 bits per heavy atom. The van der Waals surface area contributed by atoms with Gasteiger partial charge in [0.25, 0.3) is 0 Å². The first-order valence-corrected chi connectivity index (χ1v) is 15.9. The van der Waals surface area contributed by atoms with Gasteiger partial charge in [-0.2, -0.15) is 89.3 Å². The SMILES string of the molecule is CCCCCCCCC(=CCC(F)(F)C(F)(F)C(F)(F)C(F)(F)C(F)(F)C(F)(F)C(F)(F)C(F)(F)F)C(OOCCC)(OOCCC)OOCCC. The lowest BCUT2D eigenvalue weighted by atomic mass is 9.88. The van der Waals surface area contributed by atoms with Gasteiger partial charge in [-0.3, -0.25) is 0 Å². The van der Waals surface area contributed by atoms with E-state index >= 15 is 0 Å². The molecule has 0 unspecified atom stereocenters. The largest absolute Gasteiger partial charge is 0.460 e. The van der Waals surface area contributed by atoms with E-state index in [9.17, 15) is 74.6 Å². The molecule has 23 heteroatoms. The molecule has 0 rings (SSSR count). The molecule has 0 bridgehead atoms. The van der Waals surface area contributed by atoms with Crippen LogP contribution in [0.3, 0.4) is 0 Å². The van der Waals surface area contributed by atoms with Crippen molar-refractivity contribution in [2.45, 2.75) is 152 Å². The van der Waals surface area contributed by atoms with E-state index in [0.717, 1.165) is 12.8 Å². The molecule has 52 heavy (non-hydrogen) atoms. The van der Waals surface area contributed by atoms with Crippen LogP contribution < -0.4 is 0 Å². The van der Waals surface area contributed by atoms with Gasteiger partial charge in [0, 0.05) is 12.0 Å². The second-order valence-electron chi connectivity index (χ2n) is 11.4. The fraction of sp³-hybridized carbons (Fsp3) is 0.931. The summed E-state index contributed by atoms with van der Waals surface area (Å²) in [6.45, 7) is 5.51. The van der Waals surface area contributed by atoms with Crippen molar-refractivity contribution in [3.8, 4) is 0 Å². The summed E-state index contributed by atoms with van der Waals surface area (Å²) in [5.41, 5.74) is -0.904. The molecule has 0 radical (unpaired) electrons. The minimum atomic E-state index is -8.73. The van der Waals surface area contributed by atoms with Crippen LogP contribution in [0.1, 0.15) is 98.3 Å². The van der Waals surface area contributed by atoms with Gasteiger partial charge >= 0.3 is 53.6 Å². The van der Waals surface area contributed by atoms with E-state index in [4.69, 9.17) is 29.3 Å². The molecular weight excluding hydrogens is 767 g/mol. The monoisotopic (exact) mass is 808 g/mol. The third-order valence-electron chi connectivity index (χ3n) is 6.95. The Labute approximate surface area is 288 Å². The molecular formula is C29H41F17O6. The number of hydrogen-bond donors (Lipinski definition) is 0. The van der Waals surface area contributed by atoms with E-state index in [0.29, 0.717) is 12.8 Å². The van der Waals surface area contributed by atoms with Crippen LogP contribution in [0.2, 0.25) is 0 Å². The summed E-state index contributed by atoms with van der Waals surface area (Å²) in [5, 5.41) is 0. The first-order valence-electron chi connectivity index (χ1n) is 15.9. The van der Waals surface area contributed by atoms with Crippen LogP contribution in [-0.2, 0) is 29.3 Å². The lowest BCUT2D eigenvalue weighted by Crippen LogP contribution is -2.74. The van der Waals surface area contributed by atoms with Crippen LogP contribution in [0.5, 0.6) is 0 Å². The van der Waals surface area contributed by atoms with Crippen molar-refractivity contribution < 1.29 is 104 Å². The summed E-state index contributed by atoms with van der Waals surface area (Å²) in [5.74, 6) is -60.4. The van der Waals surface area contributed by atoms with E-state index in [1.165, 1.54) is 20.8 Å². The van der Waals surface area contributed by atoms with Gasteiger partial charge in [-0.25, -0.2) is 14.7 Å². The van der Waals surface area contributed by atoms with E-state index < -0.39 is 72.0 Å². The molecule has 0 saturated heterocycles. The number of alkyl halides is 17. The Balaban J connectivity index is 7.21. The Morgan fingerprint density at radius 1 is 0.423 bits per heavy atom. The Hall–Kier alpha value is -1.69. The van der Waals surface area contributed by atoms with Gasteiger partial charge in [0.1, 0.15) is 0 Å². The maximum absolute atomic E-state index is 14.9. The normalized spacial score (nSPS) is 15.1. The molecule has 0 aromatic heterocycles. The second-order valence-corrected chi connectivity index (χ2v) is 11.4. The van der Waals surface area contributed by atoms with E-state index in [2.05, 4.69) is 0 Å². The molecule has 0 N–H and O–H groups in total. The zero-order valence-electron chi connectivity index (χ0n) is 28.4. The molecule has 0 aromatic carbocycles. The molecule has 6 nitrogen and oxygen atoms in total. The van der Waals surface area contributed by atoms with Crippen molar-refractivity contribution in [1.29, 1.82) is 0 Å². The van der Waals surface area contributed by atoms with Gasteiger partial charge < -0.3 is 0 Å². The van der Waals surface area contributed by atoms with E-state index in [1.54, 1.807) is 0 Å². The fourth-order valence-electron chi connectivity index (χ4n) is 3.86. The van der Waals surface area contributed by atoms with Crippen LogP contribution >= 0.6 is 0 Å². The average Bonchev–Trinajstić information content (AvgIpc) is 3.03. The zero-order valence-corrected chi connectivity index (χ0v) is 28.4. The Bertz CT molecular complexity index is 1040. The number of rotatable bonds is 28. The third kappa shape index (κ3) is 11.0. The lowest BCUT2D eigenvalue weighted by molar-refractivity contribution is -0.618. The summed E-state index contributed by atoms with van der Waals surface area (Å²) in [4.78, 5) is 29.7.